The van der Waals surface area contributed by atoms with Crippen LogP contribution in [0.15, 0.2) is 67.0 Å². The smallest absolute Gasteiger partial charge is 0.333 e. The van der Waals surface area contributed by atoms with Crippen LogP contribution >= 0.6 is 11.6 Å². The molecule has 1 saturated heterocycles. The number of aliphatic carboxylic acids is 2. The Morgan fingerprint density at radius 2 is 1.72 bits per heavy atom. The summed E-state index contributed by atoms with van der Waals surface area (Å²) < 4.78 is 18.7. The SMILES string of the molecule is Cc1c(COc2cc(OCc3cncc(C#N)c3)c(CN3CCCC[C@H]3C(=O)O)cc2Cl)cccc1-c1cccc(OCCCNC[C@H](O)C(=O)O)c1C. The quantitative estimate of drug-likeness (QED) is 0.0837. The summed E-state index contributed by atoms with van der Waals surface area (Å²) in [4.78, 5) is 28.9. The molecule has 2 atom stereocenters. The number of ether oxygens (including phenoxy) is 3. The lowest BCUT2D eigenvalue weighted by molar-refractivity contribution is -0.146. The number of piperidine rings is 1. The molecule has 1 aromatic heterocycles. The second-order valence-electron chi connectivity index (χ2n) is 13.3. The van der Waals surface area contributed by atoms with Crippen LogP contribution in [0.3, 0.4) is 0 Å². The van der Waals surface area contributed by atoms with Crippen LogP contribution in [0.25, 0.3) is 11.1 Å². The number of pyridine rings is 1. The van der Waals surface area contributed by atoms with E-state index in [-0.39, 0.29) is 19.8 Å². The molecule has 3 aromatic carbocycles. The highest BCUT2D eigenvalue weighted by molar-refractivity contribution is 6.32. The predicted octanol–water partition coefficient (Wildman–Crippen LogP) is 6.29. The third-order valence-electron chi connectivity index (χ3n) is 9.49. The number of likely N-dealkylation sites (tertiary alicyclic amines) is 1. The van der Waals surface area contributed by atoms with Crippen LogP contribution in [-0.2, 0) is 29.3 Å². The van der Waals surface area contributed by atoms with Crippen molar-refractivity contribution in [3.63, 3.8) is 0 Å². The van der Waals surface area contributed by atoms with Gasteiger partial charge in [-0.2, -0.15) is 5.26 Å². The molecule has 1 aliphatic heterocycles. The molecule has 54 heavy (non-hydrogen) atoms. The van der Waals surface area contributed by atoms with Gasteiger partial charge in [-0.25, -0.2) is 4.79 Å². The summed E-state index contributed by atoms with van der Waals surface area (Å²) >= 11 is 6.83. The van der Waals surface area contributed by atoms with Gasteiger partial charge in [0.2, 0.25) is 0 Å². The molecule has 284 valence electrons. The summed E-state index contributed by atoms with van der Waals surface area (Å²) in [6.07, 6.45) is 4.64. The average molecular weight is 757 g/mol. The summed E-state index contributed by atoms with van der Waals surface area (Å²) in [5, 5.41) is 40.7. The van der Waals surface area contributed by atoms with Gasteiger partial charge in [-0.1, -0.05) is 48.4 Å². The fourth-order valence-corrected chi connectivity index (χ4v) is 6.71. The highest BCUT2D eigenvalue weighted by Gasteiger charge is 2.29. The number of nitriles is 1. The van der Waals surface area contributed by atoms with Crippen molar-refractivity contribution in [2.24, 2.45) is 0 Å². The highest BCUT2D eigenvalue weighted by atomic mass is 35.5. The van der Waals surface area contributed by atoms with Gasteiger partial charge in [0.1, 0.15) is 42.6 Å². The van der Waals surface area contributed by atoms with Crippen LogP contribution in [0.5, 0.6) is 17.2 Å². The molecule has 2 heterocycles. The standard InChI is InChI=1S/C41H45ClN4O8/c1-26-30(8-5-9-32(26)33-10-6-12-37(27(33)2)52-15-7-13-44-22-36(47)41(50)51)25-54-39-18-38(53-24-29-16-28(19-43)20-45-21-29)31(17-34(39)42)23-46-14-4-3-11-35(46)40(48)49/h5-6,8-10,12,16-18,20-21,35-36,44,47H,3-4,7,11,13-15,22-25H2,1-2H3,(H,48,49)(H,50,51)/t35-,36-/m0/s1. The Morgan fingerprint density at radius 1 is 0.963 bits per heavy atom. The molecular weight excluding hydrogens is 712 g/mol. The van der Waals surface area contributed by atoms with Crippen molar-refractivity contribution in [1.82, 2.24) is 15.2 Å². The third kappa shape index (κ3) is 10.5. The summed E-state index contributed by atoms with van der Waals surface area (Å²) in [6.45, 7) is 6.27. The van der Waals surface area contributed by atoms with Gasteiger partial charge in [0, 0.05) is 42.7 Å². The number of benzene rings is 3. The van der Waals surface area contributed by atoms with Gasteiger partial charge in [0.15, 0.2) is 6.10 Å². The molecule has 0 amide bonds. The number of hydrogen-bond acceptors (Lipinski definition) is 10. The van der Waals surface area contributed by atoms with Crippen LogP contribution in [0.4, 0.5) is 0 Å². The van der Waals surface area contributed by atoms with Crippen molar-refractivity contribution in [2.75, 3.05) is 26.2 Å². The molecule has 12 nitrogen and oxygen atoms in total. The van der Waals surface area contributed by atoms with E-state index in [1.807, 2.05) is 49.1 Å². The van der Waals surface area contributed by atoms with Crippen LogP contribution in [0.2, 0.25) is 5.02 Å². The molecular formula is C41H45ClN4O8. The van der Waals surface area contributed by atoms with E-state index < -0.39 is 24.1 Å². The largest absolute Gasteiger partial charge is 0.493 e. The lowest BCUT2D eigenvalue weighted by Crippen LogP contribution is -2.44. The number of hydrogen-bond donors (Lipinski definition) is 4. The number of nitrogens with zero attached hydrogens (tertiary/aromatic N) is 3. The maximum Gasteiger partial charge on any atom is 0.333 e. The van der Waals surface area contributed by atoms with E-state index in [9.17, 15) is 25.1 Å². The van der Waals surface area contributed by atoms with Gasteiger partial charge in [0.25, 0.3) is 0 Å². The summed E-state index contributed by atoms with van der Waals surface area (Å²) in [5.74, 6) is -0.455. The first kappa shape index (κ1) is 40.0. The fraction of sp³-hybridized carbons (Fsp3) is 0.366. The normalized spacial score (nSPS) is 14.9. The Kier molecular flexibility index (Phi) is 14.2. The Balaban J connectivity index is 1.31. The average Bonchev–Trinajstić information content (AvgIpc) is 3.16. The number of rotatable bonds is 18. The lowest BCUT2D eigenvalue weighted by atomic mass is 9.93. The van der Waals surface area contributed by atoms with Gasteiger partial charge < -0.3 is 34.8 Å². The van der Waals surface area contributed by atoms with Crippen molar-refractivity contribution < 1.29 is 39.1 Å². The minimum Gasteiger partial charge on any atom is -0.493 e. The number of nitrogens with one attached hydrogen (secondary N) is 1. The van der Waals surface area contributed by atoms with Gasteiger partial charge in [-0.05, 0) is 92.2 Å². The maximum absolute atomic E-state index is 12.1. The highest BCUT2D eigenvalue weighted by Crippen LogP contribution is 2.37. The first-order valence-electron chi connectivity index (χ1n) is 17.9. The zero-order valence-electron chi connectivity index (χ0n) is 30.4. The van der Waals surface area contributed by atoms with Crippen LogP contribution in [0, 0.1) is 25.2 Å². The van der Waals surface area contributed by atoms with Crippen LogP contribution in [-0.4, -0.2) is 75.5 Å². The van der Waals surface area contributed by atoms with Crippen LogP contribution in [0.1, 0.15) is 59.1 Å². The summed E-state index contributed by atoms with van der Waals surface area (Å²) in [6, 6.07) is 18.7. The van der Waals surface area contributed by atoms with Gasteiger partial charge in [-0.3, -0.25) is 14.7 Å². The number of carboxylic acids is 2. The summed E-state index contributed by atoms with van der Waals surface area (Å²) in [5.41, 5.74) is 6.85. The molecule has 4 N–H and O–H groups in total. The minimum atomic E-state index is -1.44. The Labute approximate surface area is 319 Å². The Bertz CT molecular complexity index is 1980. The predicted molar refractivity (Wildman–Crippen MR) is 203 cm³/mol. The number of halogens is 1. The van der Waals surface area contributed by atoms with Gasteiger partial charge >= 0.3 is 11.9 Å². The molecule has 5 rings (SSSR count). The number of aliphatic hydroxyl groups excluding tert-OH is 1. The second-order valence-corrected chi connectivity index (χ2v) is 13.7. The van der Waals surface area contributed by atoms with Crippen molar-refractivity contribution in [3.8, 4) is 34.4 Å². The number of carboxylic acid groups (broad SMARTS) is 2. The molecule has 0 unspecified atom stereocenters. The topological polar surface area (TPSA) is 174 Å². The molecule has 0 radical (unpaired) electrons. The lowest BCUT2D eigenvalue weighted by Gasteiger charge is -2.33. The van der Waals surface area contributed by atoms with E-state index in [2.05, 4.69) is 22.4 Å². The number of aliphatic hydroxyl groups is 1. The molecule has 1 aliphatic rings. The maximum atomic E-state index is 12.1. The van der Waals surface area contributed by atoms with Gasteiger partial charge in [-0.15, -0.1) is 0 Å². The third-order valence-corrected chi connectivity index (χ3v) is 9.78. The first-order valence-corrected chi connectivity index (χ1v) is 18.2. The molecule has 1 fully saturated rings. The van der Waals surface area contributed by atoms with E-state index in [1.54, 1.807) is 24.4 Å². The monoisotopic (exact) mass is 756 g/mol. The van der Waals surface area contributed by atoms with Crippen molar-refractivity contribution >= 4 is 23.5 Å². The molecule has 0 bridgehead atoms. The number of carbonyl (C=O) groups is 2. The zero-order chi connectivity index (χ0) is 38.6. The Hall–Kier alpha value is -5.19. The van der Waals surface area contributed by atoms with E-state index in [0.717, 1.165) is 52.0 Å². The van der Waals surface area contributed by atoms with E-state index in [1.165, 1.54) is 6.20 Å². The molecule has 0 aliphatic carbocycles. The van der Waals surface area contributed by atoms with E-state index >= 15 is 0 Å². The number of aromatic nitrogens is 1. The molecule has 13 heteroatoms. The van der Waals surface area contributed by atoms with Crippen molar-refractivity contribution in [1.29, 1.82) is 5.26 Å². The first-order chi connectivity index (χ1) is 26.0. The van der Waals surface area contributed by atoms with Crippen LogP contribution < -0.4 is 19.5 Å². The Morgan fingerprint density at radius 3 is 2.48 bits per heavy atom. The van der Waals surface area contributed by atoms with E-state index in [0.29, 0.717) is 66.7 Å². The summed E-state index contributed by atoms with van der Waals surface area (Å²) in [7, 11) is 0. The van der Waals surface area contributed by atoms with Crippen molar-refractivity contribution in [2.45, 2.75) is 71.4 Å². The fourth-order valence-electron chi connectivity index (χ4n) is 6.47. The van der Waals surface area contributed by atoms with Gasteiger partial charge in [0.05, 0.1) is 17.2 Å². The molecule has 0 spiro atoms. The molecule has 4 aromatic rings. The van der Waals surface area contributed by atoms with E-state index in [4.69, 9.17) is 30.9 Å². The minimum absolute atomic E-state index is 0.0273. The molecule has 0 saturated carbocycles. The second kappa shape index (κ2) is 19.2. The van der Waals surface area contributed by atoms with Crippen molar-refractivity contribution in [3.05, 3.63) is 105 Å². The zero-order valence-corrected chi connectivity index (χ0v) is 31.1.